The zero-order chi connectivity index (χ0) is 17.6. The number of anilines is 1. The van der Waals surface area contributed by atoms with Crippen molar-refractivity contribution in [3.05, 3.63) is 61.5 Å². The number of carbonyl (C=O) groups excluding carboxylic acids is 3. The quantitative estimate of drug-likeness (QED) is 0.558. The van der Waals surface area contributed by atoms with Gasteiger partial charge in [0, 0.05) is 20.1 Å². The van der Waals surface area contributed by atoms with E-state index < -0.39 is 11.3 Å². The SMILES string of the molecule is CC(Cl)C(=O)Nc1c(Br)cc(Br)c2c1C(=O)c1ccccc1C2=O. The predicted octanol–water partition coefficient (Wildman–Crippen LogP) is 4.55. The largest absolute Gasteiger partial charge is 0.323 e. The van der Waals surface area contributed by atoms with E-state index in [1.54, 1.807) is 30.3 Å². The lowest BCUT2D eigenvalue weighted by Gasteiger charge is -2.23. The first-order valence-electron chi connectivity index (χ1n) is 6.98. The Morgan fingerprint density at radius 3 is 2.12 bits per heavy atom. The number of hydrogen-bond acceptors (Lipinski definition) is 3. The molecule has 4 nitrogen and oxygen atoms in total. The molecule has 0 bridgehead atoms. The molecule has 2 aromatic carbocycles. The summed E-state index contributed by atoms with van der Waals surface area (Å²) >= 11 is 12.5. The Balaban J connectivity index is 2.27. The van der Waals surface area contributed by atoms with Crippen molar-refractivity contribution in [1.29, 1.82) is 0 Å². The molecule has 0 heterocycles. The lowest BCUT2D eigenvalue weighted by atomic mass is 9.83. The van der Waals surface area contributed by atoms with Crippen molar-refractivity contribution in [3.8, 4) is 0 Å². The molecule has 1 N–H and O–H groups in total. The molecule has 1 atom stereocenters. The van der Waals surface area contributed by atoms with E-state index in [4.69, 9.17) is 11.6 Å². The summed E-state index contributed by atoms with van der Waals surface area (Å²) in [6.07, 6.45) is 0. The fourth-order valence-corrected chi connectivity index (χ4v) is 4.06. The van der Waals surface area contributed by atoms with Crippen LogP contribution in [0.25, 0.3) is 0 Å². The third kappa shape index (κ3) is 2.72. The number of carbonyl (C=O) groups is 3. The van der Waals surface area contributed by atoms with Gasteiger partial charge in [-0.25, -0.2) is 0 Å². The molecule has 1 amide bonds. The smallest absolute Gasteiger partial charge is 0.242 e. The lowest BCUT2D eigenvalue weighted by molar-refractivity contribution is -0.115. The van der Waals surface area contributed by atoms with E-state index in [1.807, 2.05) is 0 Å². The topological polar surface area (TPSA) is 63.2 Å². The first kappa shape index (κ1) is 17.3. The third-order valence-corrected chi connectivity index (χ3v) is 5.16. The standard InChI is InChI=1S/C17H10Br2ClNO3/c1-7(20)17(24)21-14-11(19)6-10(18)12-13(14)16(23)9-5-3-2-4-8(9)15(12)22/h2-7H,1H3,(H,21,24). The fourth-order valence-electron chi connectivity index (χ4n) is 2.56. The molecular weight excluding hydrogens is 461 g/mol. The van der Waals surface area contributed by atoms with Gasteiger partial charge in [-0.05, 0) is 44.8 Å². The molecule has 0 aromatic heterocycles. The molecule has 3 rings (SSSR count). The van der Waals surface area contributed by atoms with Crippen molar-refractivity contribution in [2.24, 2.45) is 0 Å². The van der Waals surface area contributed by atoms with E-state index in [1.165, 1.54) is 6.92 Å². The minimum atomic E-state index is -0.780. The molecule has 2 aromatic rings. The number of hydrogen-bond donors (Lipinski definition) is 1. The Morgan fingerprint density at radius 2 is 1.58 bits per heavy atom. The summed E-state index contributed by atoms with van der Waals surface area (Å²) < 4.78 is 0.966. The van der Waals surface area contributed by atoms with Crippen molar-refractivity contribution in [1.82, 2.24) is 0 Å². The number of halogens is 3. The zero-order valence-corrected chi connectivity index (χ0v) is 16.3. The second-order valence-corrected chi connectivity index (χ2v) is 7.64. The Kier molecular flexibility index (Phi) is 4.64. The van der Waals surface area contributed by atoms with E-state index in [-0.39, 0.29) is 28.4 Å². The number of rotatable bonds is 2. The molecule has 122 valence electrons. The summed E-state index contributed by atoms with van der Waals surface area (Å²) in [5.41, 5.74) is 1.30. The summed E-state index contributed by atoms with van der Waals surface area (Å²) in [6.45, 7) is 1.53. The van der Waals surface area contributed by atoms with Crippen LogP contribution in [0.5, 0.6) is 0 Å². The average molecular weight is 472 g/mol. The number of benzene rings is 2. The van der Waals surface area contributed by atoms with Crippen LogP contribution in [0.1, 0.15) is 38.8 Å². The van der Waals surface area contributed by atoms with Crippen LogP contribution in [0.4, 0.5) is 5.69 Å². The Bertz CT molecular complexity index is 909. The molecule has 0 radical (unpaired) electrons. The van der Waals surface area contributed by atoms with Gasteiger partial charge >= 0.3 is 0 Å². The van der Waals surface area contributed by atoms with Crippen LogP contribution in [-0.4, -0.2) is 22.9 Å². The van der Waals surface area contributed by atoms with Gasteiger partial charge in [-0.15, -0.1) is 11.6 Å². The van der Waals surface area contributed by atoms with E-state index in [0.717, 1.165) is 0 Å². The van der Waals surface area contributed by atoms with Crippen LogP contribution in [-0.2, 0) is 4.79 Å². The normalized spacial score (nSPS) is 14.0. The van der Waals surface area contributed by atoms with Gasteiger partial charge in [0.15, 0.2) is 11.6 Å². The molecular formula is C17H10Br2ClNO3. The highest BCUT2D eigenvalue weighted by molar-refractivity contribution is 9.11. The molecule has 0 spiro atoms. The van der Waals surface area contributed by atoms with Crippen molar-refractivity contribution in [3.63, 3.8) is 0 Å². The van der Waals surface area contributed by atoms with Crippen LogP contribution >= 0.6 is 43.5 Å². The highest BCUT2D eigenvalue weighted by Gasteiger charge is 2.35. The van der Waals surface area contributed by atoms with Gasteiger partial charge < -0.3 is 5.32 Å². The lowest BCUT2D eigenvalue weighted by Crippen LogP contribution is -2.27. The van der Waals surface area contributed by atoms with Crippen molar-refractivity contribution < 1.29 is 14.4 Å². The van der Waals surface area contributed by atoms with Crippen LogP contribution < -0.4 is 5.32 Å². The maximum Gasteiger partial charge on any atom is 0.242 e. The third-order valence-electron chi connectivity index (χ3n) is 3.71. The monoisotopic (exact) mass is 469 g/mol. The van der Waals surface area contributed by atoms with Gasteiger partial charge in [0.1, 0.15) is 5.38 Å². The Morgan fingerprint density at radius 1 is 1.04 bits per heavy atom. The van der Waals surface area contributed by atoms with Crippen LogP contribution in [0.15, 0.2) is 39.3 Å². The van der Waals surface area contributed by atoms with E-state index in [2.05, 4.69) is 37.2 Å². The Labute approximate surface area is 159 Å². The summed E-state index contributed by atoms with van der Waals surface area (Å²) in [4.78, 5) is 37.8. The molecule has 7 heteroatoms. The molecule has 24 heavy (non-hydrogen) atoms. The molecule has 1 aliphatic rings. The minimum Gasteiger partial charge on any atom is -0.323 e. The molecule has 0 aliphatic heterocycles. The van der Waals surface area contributed by atoms with Gasteiger partial charge in [0.25, 0.3) is 0 Å². The van der Waals surface area contributed by atoms with E-state index in [9.17, 15) is 14.4 Å². The number of fused-ring (bicyclic) bond motifs is 2. The second kappa shape index (κ2) is 6.43. The number of amides is 1. The van der Waals surface area contributed by atoms with Gasteiger partial charge in [-0.1, -0.05) is 24.3 Å². The van der Waals surface area contributed by atoms with Gasteiger partial charge in [0.05, 0.1) is 16.8 Å². The molecule has 0 saturated heterocycles. The van der Waals surface area contributed by atoms with Gasteiger partial charge in [0.2, 0.25) is 5.91 Å². The second-order valence-electron chi connectivity index (χ2n) is 5.27. The molecule has 0 saturated carbocycles. The van der Waals surface area contributed by atoms with Crippen molar-refractivity contribution in [2.75, 3.05) is 5.32 Å². The fraction of sp³-hybridized carbons (Fsp3) is 0.118. The summed E-state index contributed by atoms with van der Waals surface area (Å²) in [7, 11) is 0. The summed E-state index contributed by atoms with van der Waals surface area (Å²) in [6, 6.07) is 8.25. The van der Waals surface area contributed by atoms with E-state index >= 15 is 0 Å². The molecule has 1 unspecified atom stereocenters. The average Bonchev–Trinajstić information content (AvgIpc) is 2.54. The minimum absolute atomic E-state index is 0.158. The summed E-state index contributed by atoms with van der Waals surface area (Å²) in [5, 5.41) is 1.86. The highest BCUT2D eigenvalue weighted by atomic mass is 79.9. The molecule has 0 fully saturated rings. The van der Waals surface area contributed by atoms with Gasteiger partial charge in [-0.2, -0.15) is 0 Å². The number of ketones is 2. The zero-order valence-electron chi connectivity index (χ0n) is 12.3. The van der Waals surface area contributed by atoms with Crippen molar-refractivity contribution in [2.45, 2.75) is 12.3 Å². The van der Waals surface area contributed by atoms with E-state index in [0.29, 0.717) is 20.1 Å². The maximum absolute atomic E-state index is 13.0. The maximum atomic E-state index is 13.0. The predicted molar refractivity (Wildman–Crippen MR) is 99.1 cm³/mol. The summed E-state index contributed by atoms with van der Waals surface area (Å²) in [5.74, 6) is -1.05. The molecule has 1 aliphatic carbocycles. The number of alkyl halides is 1. The highest BCUT2D eigenvalue weighted by Crippen LogP contribution is 2.40. The Hall–Kier alpha value is -1.50. The van der Waals surface area contributed by atoms with Crippen molar-refractivity contribution >= 4 is 66.6 Å². The first-order chi connectivity index (χ1) is 11.3. The first-order valence-corrected chi connectivity index (χ1v) is 9.00. The number of nitrogens with one attached hydrogen (secondary N) is 1. The van der Waals surface area contributed by atoms with Crippen LogP contribution in [0.3, 0.4) is 0 Å². The van der Waals surface area contributed by atoms with Crippen LogP contribution in [0, 0.1) is 0 Å². The van der Waals surface area contributed by atoms with Gasteiger partial charge in [-0.3, -0.25) is 14.4 Å². The van der Waals surface area contributed by atoms with Crippen LogP contribution in [0.2, 0.25) is 0 Å².